The summed E-state index contributed by atoms with van der Waals surface area (Å²) in [6, 6.07) is 35.8. The van der Waals surface area contributed by atoms with E-state index in [9.17, 15) is 0 Å². The summed E-state index contributed by atoms with van der Waals surface area (Å²) in [7, 11) is 0. The molecule has 0 bridgehead atoms. The zero-order chi connectivity index (χ0) is 20.3. The van der Waals surface area contributed by atoms with Crippen LogP contribution in [-0.2, 0) is 0 Å². The van der Waals surface area contributed by atoms with E-state index in [1.165, 1.54) is 0 Å². The number of nitrogens with zero attached hydrogens (tertiary/aromatic N) is 3. The third-order valence-electron chi connectivity index (χ3n) is 4.94. The third-order valence-corrected chi connectivity index (χ3v) is 4.94. The average molecular weight is 387 g/mol. The van der Waals surface area contributed by atoms with E-state index >= 15 is 0 Å². The van der Waals surface area contributed by atoms with Crippen LogP contribution in [0.4, 0.5) is 17.1 Å². The topological polar surface area (TPSA) is 53.1 Å². The summed E-state index contributed by atoms with van der Waals surface area (Å²) in [6.07, 6.45) is 0. The van der Waals surface area contributed by atoms with Gasteiger partial charge in [0.2, 0.25) is 5.89 Å². The molecule has 0 aliphatic rings. The van der Waals surface area contributed by atoms with E-state index < -0.39 is 0 Å². The Morgan fingerprint density at radius 3 is 1.93 bits per heavy atom. The zero-order valence-corrected chi connectivity index (χ0v) is 16.1. The minimum atomic E-state index is 0.604. The van der Waals surface area contributed by atoms with E-state index in [-0.39, 0.29) is 0 Å². The lowest BCUT2D eigenvalue weighted by molar-refractivity contribution is 0.620. The number of nitriles is 1. The summed E-state index contributed by atoms with van der Waals surface area (Å²) < 4.78 is 5.89. The third kappa shape index (κ3) is 3.30. The van der Waals surface area contributed by atoms with Crippen molar-refractivity contribution in [3.63, 3.8) is 0 Å². The molecule has 4 heteroatoms. The second kappa shape index (κ2) is 7.57. The van der Waals surface area contributed by atoms with Gasteiger partial charge in [0.25, 0.3) is 0 Å². The predicted octanol–water partition coefficient (Wildman–Crippen LogP) is 6.84. The highest BCUT2D eigenvalue weighted by atomic mass is 16.3. The monoisotopic (exact) mass is 387 g/mol. The summed E-state index contributed by atoms with van der Waals surface area (Å²) >= 11 is 0. The van der Waals surface area contributed by atoms with Gasteiger partial charge in [-0.3, -0.25) is 0 Å². The molecule has 0 saturated carbocycles. The molecule has 0 spiro atoms. The number of hydrogen-bond donors (Lipinski definition) is 0. The molecular formula is C26H17N3O. The van der Waals surface area contributed by atoms with Gasteiger partial charge < -0.3 is 9.32 Å². The molecule has 30 heavy (non-hydrogen) atoms. The molecule has 1 aromatic heterocycles. The molecule has 0 fully saturated rings. The predicted molar refractivity (Wildman–Crippen MR) is 119 cm³/mol. The average Bonchev–Trinajstić information content (AvgIpc) is 3.25. The fourth-order valence-corrected chi connectivity index (χ4v) is 3.46. The van der Waals surface area contributed by atoms with Crippen LogP contribution in [0, 0.1) is 11.3 Å². The molecule has 0 atom stereocenters. The van der Waals surface area contributed by atoms with Crippen molar-refractivity contribution < 1.29 is 4.42 Å². The van der Waals surface area contributed by atoms with Crippen LogP contribution in [0.2, 0.25) is 0 Å². The lowest BCUT2D eigenvalue weighted by atomic mass is 10.1. The van der Waals surface area contributed by atoms with Gasteiger partial charge in [-0.2, -0.15) is 5.26 Å². The van der Waals surface area contributed by atoms with Crippen molar-refractivity contribution in [1.29, 1.82) is 5.26 Å². The molecule has 0 aliphatic carbocycles. The van der Waals surface area contributed by atoms with Crippen molar-refractivity contribution in [2.75, 3.05) is 4.90 Å². The van der Waals surface area contributed by atoms with Gasteiger partial charge in [0.05, 0.1) is 11.6 Å². The van der Waals surface area contributed by atoms with E-state index in [0.717, 1.165) is 33.7 Å². The quantitative estimate of drug-likeness (QED) is 0.339. The molecule has 5 rings (SSSR count). The molecule has 142 valence electrons. The maximum absolute atomic E-state index is 9.11. The van der Waals surface area contributed by atoms with Crippen molar-refractivity contribution in [1.82, 2.24) is 4.98 Å². The fourth-order valence-electron chi connectivity index (χ4n) is 3.46. The van der Waals surface area contributed by atoms with Gasteiger partial charge in [-0.1, -0.05) is 30.3 Å². The molecule has 5 aromatic rings. The molecular weight excluding hydrogens is 370 g/mol. The number of rotatable bonds is 4. The maximum Gasteiger partial charge on any atom is 0.227 e. The number of oxazole rings is 1. The summed E-state index contributed by atoms with van der Waals surface area (Å²) in [5.74, 6) is 0.604. The summed E-state index contributed by atoms with van der Waals surface area (Å²) in [4.78, 5) is 6.73. The number of aromatic nitrogens is 1. The number of anilines is 3. The van der Waals surface area contributed by atoms with Gasteiger partial charge in [-0.25, -0.2) is 4.98 Å². The van der Waals surface area contributed by atoms with E-state index in [0.29, 0.717) is 11.5 Å². The lowest BCUT2D eigenvalue weighted by Gasteiger charge is -2.25. The zero-order valence-electron chi connectivity index (χ0n) is 16.1. The molecule has 0 N–H and O–H groups in total. The number of benzene rings is 4. The van der Waals surface area contributed by atoms with Gasteiger partial charge in [0, 0.05) is 22.6 Å². The molecule has 1 heterocycles. The molecule has 0 radical (unpaired) electrons. The fraction of sp³-hybridized carbons (Fsp3) is 0. The Kier molecular flexibility index (Phi) is 4.47. The first kappa shape index (κ1) is 17.7. The van der Waals surface area contributed by atoms with E-state index in [4.69, 9.17) is 9.68 Å². The van der Waals surface area contributed by atoms with Crippen molar-refractivity contribution in [2.45, 2.75) is 0 Å². The Labute approximate surface area is 174 Å². The Hall–Kier alpha value is -4.36. The highest BCUT2D eigenvalue weighted by Crippen LogP contribution is 2.35. The van der Waals surface area contributed by atoms with Gasteiger partial charge >= 0.3 is 0 Å². The molecule has 0 aliphatic heterocycles. The van der Waals surface area contributed by atoms with E-state index in [1.54, 1.807) is 0 Å². The smallest absolute Gasteiger partial charge is 0.227 e. The first-order chi connectivity index (χ1) is 14.8. The number of hydrogen-bond acceptors (Lipinski definition) is 4. The molecule has 0 saturated heterocycles. The molecule has 0 unspecified atom stereocenters. The second-order valence-electron chi connectivity index (χ2n) is 6.86. The van der Waals surface area contributed by atoms with Crippen LogP contribution in [0.15, 0.2) is 108 Å². The molecule has 0 amide bonds. The Bertz CT molecular complexity index is 1300. The van der Waals surface area contributed by atoms with Gasteiger partial charge in [-0.15, -0.1) is 0 Å². The van der Waals surface area contributed by atoms with Crippen molar-refractivity contribution in [3.8, 4) is 17.5 Å². The lowest BCUT2D eigenvalue weighted by Crippen LogP contribution is -2.09. The second-order valence-corrected chi connectivity index (χ2v) is 6.86. The number of para-hydroxylation sites is 3. The SMILES string of the molecule is N#Cc1ccc(N(c2ccccc2)c2ccc(-c3nc4ccccc4o3)cc2)cc1. The van der Waals surface area contributed by atoms with E-state index in [2.05, 4.69) is 40.2 Å². The van der Waals surface area contributed by atoms with Crippen LogP contribution < -0.4 is 4.90 Å². The Balaban J connectivity index is 1.55. The summed E-state index contributed by atoms with van der Waals surface area (Å²) in [6.45, 7) is 0. The normalized spacial score (nSPS) is 10.6. The number of fused-ring (bicyclic) bond motifs is 1. The highest BCUT2D eigenvalue weighted by molar-refractivity contribution is 5.79. The van der Waals surface area contributed by atoms with Crippen molar-refractivity contribution in [3.05, 3.63) is 109 Å². The van der Waals surface area contributed by atoms with Crippen LogP contribution in [0.1, 0.15) is 5.56 Å². The van der Waals surface area contributed by atoms with Gasteiger partial charge in [0.15, 0.2) is 5.58 Å². The minimum Gasteiger partial charge on any atom is -0.436 e. The standard InChI is InChI=1S/C26H17N3O/c27-18-19-10-14-22(15-11-19)29(21-6-2-1-3-7-21)23-16-12-20(13-17-23)26-28-24-8-4-5-9-25(24)30-26/h1-17H. The van der Waals surface area contributed by atoms with Crippen molar-refractivity contribution in [2.24, 2.45) is 0 Å². The molecule has 4 nitrogen and oxygen atoms in total. The van der Waals surface area contributed by atoms with Crippen LogP contribution in [-0.4, -0.2) is 4.98 Å². The largest absolute Gasteiger partial charge is 0.436 e. The maximum atomic E-state index is 9.11. The summed E-state index contributed by atoms with van der Waals surface area (Å²) in [5, 5.41) is 9.11. The van der Waals surface area contributed by atoms with Gasteiger partial charge in [-0.05, 0) is 72.8 Å². The van der Waals surface area contributed by atoms with E-state index in [1.807, 2.05) is 78.9 Å². The minimum absolute atomic E-state index is 0.604. The highest BCUT2D eigenvalue weighted by Gasteiger charge is 2.14. The van der Waals surface area contributed by atoms with Crippen LogP contribution in [0.3, 0.4) is 0 Å². The van der Waals surface area contributed by atoms with Crippen LogP contribution in [0.5, 0.6) is 0 Å². The first-order valence-electron chi connectivity index (χ1n) is 9.63. The first-order valence-corrected chi connectivity index (χ1v) is 9.63. The van der Waals surface area contributed by atoms with Gasteiger partial charge in [0.1, 0.15) is 5.52 Å². The van der Waals surface area contributed by atoms with Crippen LogP contribution >= 0.6 is 0 Å². The Morgan fingerprint density at radius 2 is 1.27 bits per heavy atom. The molecule has 4 aromatic carbocycles. The van der Waals surface area contributed by atoms with Crippen molar-refractivity contribution >= 4 is 28.2 Å². The Morgan fingerprint density at radius 1 is 0.667 bits per heavy atom. The van der Waals surface area contributed by atoms with Crippen LogP contribution in [0.25, 0.3) is 22.6 Å². The summed E-state index contributed by atoms with van der Waals surface area (Å²) in [5.41, 5.74) is 6.21.